The molecule has 2 fully saturated rings. The van der Waals surface area contributed by atoms with Crippen LogP contribution in [0.5, 0.6) is 11.8 Å². The number of carbonyl (C=O) groups is 2. The number of nitro groups is 1. The Balaban J connectivity index is 0.000000212. The van der Waals surface area contributed by atoms with E-state index in [1.807, 2.05) is 25.7 Å². The average Bonchev–Trinajstić information content (AvgIpc) is 3.55. The zero-order chi connectivity index (χ0) is 27.8. The number of nitrogens with two attached hydrogens (primary N) is 1. The molecule has 2 N–H and O–H groups in total. The molecule has 12 heteroatoms. The molecule has 2 unspecified atom stereocenters. The summed E-state index contributed by atoms with van der Waals surface area (Å²) in [6, 6.07) is 6.45. The summed E-state index contributed by atoms with van der Waals surface area (Å²) in [5, 5.41) is 10.7. The summed E-state index contributed by atoms with van der Waals surface area (Å²) in [5.41, 5.74) is 7.44. The van der Waals surface area contributed by atoms with E-state index in [1.165, 1.54) is 12.1 Å². The van der Waals surface area contributed by atoms with Gasteiger partial charge in [-0.25, -0.2) is 9.97 Å². The topological polar surface area (TPSA) is 154 Å². The fourth-order valence-electron chi connectivity index (χ4n) is 4.29. The standard InChI is InChI=1S/C13H17N3O4.C13H19N3O2/c1-3-13(17)15-7-6-10(8-15)20-12-5-4-11(16(18)19)9(2)14-12;1-3-13(17)16-7-6-10(8-16)18-12-5-4-11(14)9(2)15-12/h4-5,10H,3,6-8H2,1-2H3;4-5,10H,3,6-8,14H2,1-2H3. The second-order valence-electron chi connectivity index (χ2n) is 9.28. The molecule has 2 aliphatic heterocycles. The highest BCUT2D eigenvalue weighted by molar-refractivity contribution is 5.76. The summed E-state index contributed by atoms with van der Waals surface area (Å²) in [4.78, 5) is 45.3. The maximum atomic E-state index is 11.6. The zero-order valence-corrected chi connectivity index (χ0v) is 22.4. The normalized spacial score (nSPS) is 18.5. The molecule has 2 aliphatic rings. The van der Waals surface area contributed by atoms with E-state index in [4.69, 9.17) is 15.2 Å². The molecule has 0 spiro atoms. The third kappa shape index (κ3) is 7.53. The third-order valence-electron chi connectivity index (χ3n) is 6.51. The number of pyridine rings is 2. The molecule has 2 atom stereocenters. The minimum absolute atomic E-state index is 0.0217. The molecule has 2 amide bonds. The van der Waals surface area contributed by atoms with Gasteiger partial charge in [-0.2, -0.15) is 0 Å². The number of carbonyl (C=O) groups excluding carboxylic acids is 2. The summed E-state index contributed by atoms with van der Waals surface area (Å²) < 4.78 is 11.5. The Morgan fingerprint density at radius 3 is 1.82 bits per heavy atom. The minimum atomic E-state index is -0.469. The molecule has 0 bridgehead atoms. The van der Waals surface area contributed by atoms with Crippen LogP contribution in [0.25, 0.3) is 0 Å². The Morgan fingerprint density at radius 2 is 1.39 bits per heavy atom. The van der Waals surface area contributed by atoms with Gasteiger partial charge >= 0.3 is 0 Å². The predicted molar refractivity (Wildman–Crippen MR) is 141 cm³/mol. The summed E-state index contributed by atoms with van der Waals surface area (Å²) in [6.45, 7) is 9.78. The van der Waals surface area contributed by atoms with Crippen LogP contribution in [0.15, 0.2) is 24.3 Å². The van der Waals surface area contributed by atoms with E-state index in [-0.39, 0.29) is 29.7 Å². The maximum absolute atomic E-state index is 11.6. The minimum Gasteiger partial charge on any atom is -0.472 e. The van der Waals surface area contributed by atoms with E-state index in [1.54, 1.807) is 24.0 Å². The molecule has 2 aromatic heterocycles. The Bertz CT molecular complexity index is 1160. The molecule has 4 heterocycles. The molecule has 4 rings (SSSR count). The van der Waals surface area contributed by atoms with Crippen molar-refractivity contribution in [2.75, 3.05) is 31.9 Å². The van der Waals surface area contributed by atoms with E-state index >= 15 is 0 Å². The number of ether oxygens (including phenoxy) is 2. The van der Waals surface area contributed by atoms with Gasteiger partial charge in [0.1, 0.15) is 17.9 Å². The van der Waals surface area contributed by atoms with Gasteiger partial charge in [0.2, 0.25) is 23.6 Å². The van der Waals surface area contributed by atoms with Crippen molar-refractivity contribution < 1.29 is 24.0 Å². The summed E-state index contributed by atoms with van der Waals surface area (Å²) >= 11 is 0. The second kappa shape index (κ2) is 13.0. The average molecular weight is 529 g/mol. The van der Waals surface area contributed by atoms with Crippen LogP contribution in [0, 0.1) is 24.0 Å². The van der Waals surface area contributed by atoms with E-state index in [9.17, 15) is 19.7 Å². The summed E-state index contributed by atoms with van der Waals surface area (Å²) in [5.74, 6) is 1.24. The molecular formula is C26H36N6O6. The molecule has 12 nitrogen and oxygen atoms in total. The molecule has 2 aromatic rings. The highest BCUT2D eigenvalue weighted by Crippen LogP contribution is 2.22. The molecule has 0 aromatic carbocycles. The molecule has 0 saturated carbocycles. The molecule has 2 saturated heterocycles. The van der Waals surface area contributed by atoms with Gasteiger partial charge in [-0.3, -0.25) is 19.7 Å². The van der Waals surface area contributed by atoms with Crippen LogP contribution < -0.4 is 15.2 Å². The number of aromatic nitrogens is 2. The lowest BCUT2D eigenvalue weighted by molar-refractivity contribution is -0.385. The fraction of sp³-hybridized carbons (Fsp3) is 0.538. The van der Waals surface area contributed by atoms with Crippen molar-refractivity contribution in [3.05, 3.63) is 45.8 Å². The Hall–Kier alpha value is -3.96. The van der Waals surface area contributed by atoms with Crippen molar-refractivity contribution in [1.29, 1.82) is 0 Å². The molecule has 0 radical (unpaired) electrons. The first-order valence-corrected chi connectivity index (χ1v) is 12.8. The van der Waals surface area contributed by atoms with Gasteiger partial charge in [-0.15, -0.1) is 0 Å². The lowest BCUT2D eigenvalue weighted by Crippen LogP contribution is -2.30. The van der Waals surface area contributed by atoms with E-state index in [0.717, 1.165) is 25.1 Å². The summed E-state index contributed by atoms with van der Waals surface area (Å²) in [7, 11) is 0. The van der Waals surface area contributed by atoms with Crippen molar-refractivity contribution in [1.82, 2.24) is 19.8 Å². The second-order valence-corrected chi connectivity index (χ2v) is 9.28. The Kier molecular flexibility index (Phi) is 9.80. The van der Waals surface area contributed by atoms with Crippen molar-refractivity contribution in [2.24, 2.45) is 0 Å². The van der Waals surface area contributed by atoms with Gasteiger partial charge in [-0.05, 0) is 19.9 Å². The number of amides is 2. The van der Waals surface area contributed by atoms with Crippen molar-refractivity contribution in [2.45, 2.75) is 65.6 Å². The molecule has 0 aliphatic carbocycles. The van der Waals surface area contributed by atoms with Crippen LogP contribution in [0.3, 0.4) is 0 Å². The van der Waals surface area contributed by atoms with Crippen LogP contribution in [-0.4, -0.2) is 74.9 Å². The van der Waals surface area contributed by atoms with Gasteiger partial charge in [0.05, 0.1) is 29.4 Å². The lowest BCUT2D eigenvalue weighted by atomic mass is 10.3. The number of nitrogen functional groups attached to an aromatic ring is 1. The van der Waals surface area contributed by atoms with Gasteiger partial charge in [0.25, 0.3) is 5.69 Å². The van der Waals surface area contributed by atoms with Crippen LogP contribution in [0.4, 0.5) is 11.4 Å². The molecule has 206 valence electrons. The van der Waals surface area contributed by atoms with Gasteiger partial charge in [0.15, 0.2) is 0 Å². The first kappa shape index (κ1) is 28.6. The Morgan fingerprint density at radius 1 is 0.921 bits per heavy atom. The fourth-order valence-corrected chi connectivity index (χ4v) is 4.29. The van der Waals surface area contributed by atoms with Crippen LogP contribution >= 0.6 is 0 Å². The smallest absolute Gasteiger partial charge is 0.290 e. The van der Waals surface area contributed by atoms with Crippen LogP contribution in [0.1, 0.15) is 50.9 Å². The van der Waals surface area contributed by atoms with E-state index in [0.29, 0.717) is 55.6 Å². The zero-order valence-electron chi connectivity index (χ0n) is 22.4. The quantitative estimate of drug-likeness (QED) is 0.422. The van der Waals surface area contributed by atoms with E-state index < -0.39 is 4.92 Å². The van der Waals surface area contributed by atoms with E-state index in [2.05, 4.69) is 9.97 Å². The SMILES string of the molecule is CCC(=O)N1CCC(Oc2ccc(N)c(C)n2)C1.CCC(=O)N1CCC(Oc2ccc([N+](=O)[O-])c(C)n2)C1. The first-order valence-electron chi connectivity index (χ1n) is 12.8. The van der Waals surface area contributed by atoms with Crippen molar-refractivity contribution in [3.63, 3.8) is 0 Å². The largest absolute Gasteiger partial charge is 0.472 e. The lowest BCUT2D eigenvalue weighted by Gasteiger charge is -2.16. The highest BCUT2D eigenvalue weighted by Gasteiger charge is 2.28. The number of rotatable bonds is 7. The number of anilines is 1. The number of hydrogen-bond acceptors (Lipinski definition) is 9. The Labute approximate surface area is 222 Å². The molecule has 38 heavy (non-hydrogen) atoms. The highest BCUT2D eigenvalue weighted by atomic mass is 16.6. The van der Waals surface area contributed by atoms with Gasteiger partial charge in [-0.1, -0.05) is 13.8 Å². The third-order valence-corrected chi connectivity index (χ3v) is 6.51. The first-order chi connectivity index (χ1) is 18.1. The molecular weight excluding hydrogens is 492 g/mol. The monoisotopic (exact) mass is 528 g/mol. The van der Waals surface area contributed by atoms with Gasteiger partial charge in [0, 0.05) is 57.0 Å². The summed E-state index contributed by atoms with van der Waals surface area (Å²) in [6.07, 6.45) is 2.59. The van der Waals surface area contributed by atoms with Gasteiger partial charge < -0.3 is 25.0 Å². The van der Waals surface area contributed by atoms with Crippen molar-refractivity contribution >= 4 is 23.2 Å². The number of likely N-dealkylation sites (tertiary alicyclic amines) is 2. The number of aryl methyl sites for hydroxylation is 2. The number of nitrogens with zero attached hydrogens (tertiary/aromatic N) is 5. The number of hydrogen-bond donors (Lipinski definition) is 1. The predicted octanol–water partition coefficient (Wildman–Crippen LogP) is 3.05. The van der Waals surface area contributed by atoms with Crippen LogP contribution in [0.2, 0.25) is 0 Å². The maximum Gasteiger partial charge on any atom is 0.290 e. The van der Waals surface area contributed by atoms with Crippen molar-refractivity contribution in [3.8, 4) is 11.8 Å². The van der Waals surface area contributed by atoms with Crippen LogP contribution in [-0.2, 0) is 9.59 Å².